The fraction of sp³-hybridized carbons (Fsp3) is 0.529. The molecule has 0 spiro atoms. The van der Waals surface area contributed by atoms with Crippen molar-refractivity contribution in [3.63, 3.8) is 0 Å². The molecule has 0 amide bonds. The van der Waals surface area contributed by atoms with Gasteiger partial charge in [-0.15, -0.1) is 0 Å². The van der Waals surface area contributed by atoms with Gasteiger partial charge in [0.2, 0.25) is 0 Å². The van der Waals surface area contributed by atoms with Gasteiger partial charge >= 0.3 is 5.97 Å². The Labute approximate surface area is 129 Å². The molecule has 22 heavy (non-hydrogen) atoms. The van der Waals surface area contributed by atoms with E-state index in [-0.39, 0.29) is 23.7 Å². The molecule has 2 fully saturated rings. The molecule has 3 atom stereocenters. The van der Waals surface area contributed by atoms with Gasteiger partial charge in [0.15, 0.2) is 5.78 Å². The number of carbonyl (C=O) groups excluding carboxylic acids is 2. The third-order valence-electron chi connectivity index (χ3n) is 5.20. The molecule has 1 aromatic carbocycles. The number of methoxy groups -OCH3 is 1. The number of benzene rings is 1. The molecule has 2 heterocycles. The maximum Gasteiger partial charge on any atom is 0.320 e. The van der Waals surface area contributed by atoms with Crippen molar-refractivity contribution >= 4 is 11.8 Å². The van der Waals surface area contributed by atoms with Crippen molar-refractivity contribution in [1.82, 2.24) is 4.90 Å². The normalized spacial score (nSPS) is 31.3. The molecule has 1 aromatic rings. The van der Waals surface area contributed by atoms with Gasteiger partial charge in [-0.2, -0.15) is 0 Å². The number of ketones is 1. The average molecular weight is 305 g/mol. The molecular formula is C17H20FNO3. The monoisotopic (exact) mass is 305 g/mol. The van der Waals surface area contributed by atoms with Crippen LogP contribution in [0.2, 0.25) is 0 Å². The molecule has 2 aliphatic heterocycles. The van der Waals surface area contributed by atoms with Gasteiger partial charge in [-0.05, 0) is 37.5 Å². The Morgan fingerprint density at radius 3 is 2.68 bits per heavy atom. The molecule has 2 saturated heterocycles. The Kier molecular flexibility index (Phi) is 3.77. The first-order valence-corrected chi connectivity index (χ1v) is 7.58. The number of hydrogen-bond acceptors (Lipinski definition) is 4. The summed E-state index contributed by atoms with van der Waals surface area (Å²) >= 11 is 0. The lowest BCUT2D eigenvalue weighted by Gasteiger charge is -2.43. The molecule has 3 rings (SSSR count). The molecule has 2 bridgehead atoms. The Balaban J connectivity index is 1.88. The molecule has 118 valence electrons. The lowest BCUT2D eigenvalue weighted by atomic mass is 9.74. The van der Waals surface area contributed by atoms with Crippen molar-refractivity contribution in [2.75, 3.05) is 7.11 Å². The van der Waals surface area contributed by atoms with Crippen molar-refractivity contribution in [1.29, 1.82) is 0 Å². The van der Waals surface area contributed by atoms with Gasteiger partial charge in [-0.25, -0.2) is 4.39 Å². The summed E-state index contributed by atoms with van der Waals surface area (Å²) in [5.74, 6) is -0.742. The molecule has 4 nitrogen and oxygen atoms in total. The molecular weight excluding hydrogens is 285 g/mol. The van der Waals surface area contributed by atoms with Crippen LogP contribution in [0.25, 0.3) is 0 Å². The smallest absolute Gasteiger partial charge is 0.320 e. The van der Waals surface area contributed by atoms with E-state index in [1.807, 2.05) is 0 Å². The van der Waals surface area contributed by atoms with E-state index in [4.69, 9.17) is 4.74 Å². The number of carbonyl (C=O) groups is 2. The van der Waals surface area contributed by atoms with Gasteiger partial charge in [0.25, 0.3) is 0 Å². The van der Waals surface area contributed by atoms with Crippen LogP contribution in [0.15, 0.2) is 24.3 Å². The number of piperidine rings is 1. The molecule has 0 aromatic heterocycles. The van der Waals surface area contributed by atoms with Crippen LogP contribution in [0.4, 0.5) is 4.39 Å². The van der Waals surface area contributed by atoms with Crippen LogP contribution < -0.4 is 0 Å². The Bertz CT molecular complexity index is 600. The van der Waals surface area contributed by atoms with Gasteiger partial charge in [0, 0.05) is 25.0 Å². The van der Waals surface area contributed by atoms with E-state index < -0.39 is 11.4 Å². The van der Waals surface area contributed by atoms with Crippen LogP contribution in [0, 0.1) is 11.2 Å². The van der Waals surface area contributed by atoms with Crippen LogP contribution in [-0.2, 0) is 20.9 Å². The summed E-state index contributed by atoms with van der Waals surface area (Å²) in [6.07, 6.45) is 2.09. The first-order chi connectivity index (χ1) is 10.5. The van der Waals surface area contributed by atoms with Crippen LogP contribution >= 0.6 is 0 Å². The zero-order chi connectivity index (χ0) is 15.9. The minimum atomic E-state index is -1.10. The van der Waals surface area contributed by atoms with E-state index in [1.165, 1.54) is 19.2 Å². The standard InChI is InChI=1S/C17H20FNO3/c1-17(16(21)22-2)14-8-7-13(9-15(17)20)19(14)10-11-3-5-12(18)6-4-11/h3-6,13-14H,7-10H2,1-2H3/t13-,14-,17-/m1/s1. The fourth-order valence-electron chi connectivity index (χ4n) is 3.89. The zero-order valence-electron chi connectivity index (χ0n) is 12.8. The number of halogens is 1. The van der Waals surface area contributed by atoms with E-state index in [2.05, 4.69) is 4.90 Å². The third-order valence-corrected chi connectivity index (χ3v) is 5.20. The quantitative estimate of drug-likeness (QED) is 0.635. The van der Waals surface area contributed by atoms with Crippen LogP contribution in [0.3, 0.4) is 0 Å². The number of Topliss-reactive ketones (excluding diaryl/α,β-unsaturated/α-hetero) is 1. The second kappa shape index (κ2) is 5.47. The first-order valence-electron chi connectivity index (χ1n) is 7.58. The van der Waals surface area contributed by atoms with Crippen LogP contribution in [0.1, 0.15) is 31.7 Å². The predicted octanol–water partition coefficient (Wildman–Crippen LogP) is 2.31. The second-order valence-corrected chi connectivity index (χ2v) is 6.37. The van der Waals surface area contributed by atoms with E-state index in [1.54, 1.807) is 19.1 Å². The molecule has 5 heteroatoms. The zero-order valence-corrected chi connectivity index (χ0v) is 12.8. The van der Waals surface area contributed by atoms with Crippen molar-refractivity contribution in [2.45, 2.75) is 44.8 Å². The van der Waals surface area contributed by atoms with Crippen molar-refractivity contribution < 1.29 is 18.7 Å². The SMILES string of the molecule is COC(=O)[C@@]1(C)C(=O)C[C@H]2CC[C@H]1N2Cc1ccc(F)cc1. The van der Waals surface area contributed by atoms with Crippen LogP contribution in [-0.4, -0.2) is 35.8 Å². The summed E-state index contributed by atoms with van der Waals surface area (Å²) < 4.78 is 17.9. The van der Waals surface area contributed by atoms with Gasteiger partial charge < -0.3 is 4.74 Å². The molecule has 0 aliphatic carbocycles. The number of hydrogen-bond donors (Lipinski definition) is 0. The summed E-state index contributed by atoms with van der Waals surface area (Å²) in [5.41, 5.74) is -0.109. The van der Waals surface area contributed by atoms with Gasteiger partial charge in [0.1, 0.15) is 11.2 Å². The maximum absolute atomic E-state index is 13.0. The van der Waals surface area contributed by atoms with E-state index >= 15 is 0 Å². The molecule has 0 unspecified atom stereocenters. The van der Waals surface area contributed by atoms with E-state index in [0.717, 1.165) is 18.4 Å². The Hall–Kier alpha value is -1.75. The van der Waals surface area contributed by atoms with Gasteiger partial charge in [-0.1, -0.05) is 12.1 Å². The van der Waals surface area contributed by atoms with Gasteiger partial charge in [0.05, 0.1) is 7.11 Å². The Morgan fingerprint density at radius 2 is 2.05 bits per heavy atom. The highest BCUT2D eigenvalue weighted by Crippen LogP contribution is 2.45. The number of nitrogens with zero attached hydrogens (tertiary/aromatic N) is 1. The highest BCUT2D eigenvalue weighted by Gasteiger charge is 2.58. The molecule has 0 radical (unpaired) electrons. The number of fused-ring (bicyclic) bond motifs is 2. The summed E-state index contributed by atoms with van der Waals surface area (Å²) in [6, 6.07) is 6.40. The largest absolute Gasteiger partial charge is 0.468 e. The highest BCUT2D eigenvalue weighted by atomic mass is 19.1. The highest BCUT2D eigenvalue weighted by molar-refractivity contribution is 6.05. The van der Waals surface area contributed by atoms with Crippen molar-refractivity contribution in [3.8, 4) is 0 Å². The summed E-state index contributed by atoms with van der Waals surface area (Å²) in [7, 11) is 1.33. The summed E-state index contributed by atoms with van der Waals surface area (Å²) in [5, 5.41) is 0. The van der Waals surface area contributed by atoms with E-state index in [0.29, 0.717) is 13.0 Å². The molecule has 0 saturated carbocycles. The van der Waals surface area contributed by atoms with Crippen molar-refractivity contribution in [3.05, 3.63) is 35.6 Å². The topological polar surface area (TPSA) is 46.6 Å². The predicted molar refractivity (Wildman–Crippen MR) is 78.5 cm³/mol. The average Bonchev–Trinajstić information content (AvgIpc) is 2.84. The lowest BCUT2D eigenvalue weighted by Crippen LogP contribution is -2.58. The molecule has 0 N–H and O–H groups in total. The summed E-state index contributed by atoms with van der Waals surface area (Å²) in [6.45, 7) is 2.32. The third kappa shape index (κ3) is 2.24. The first kappa shape index (κ1) is 15.2. The molecule has 2 aliphatic rings. The minimum Gasteiger partial charge on any atom is -0.468 e. The van der Waals surface area contributed by atoms with E-state index in [9.17, 15) is 14.0 Å². The number of esters is 1. The van der Waals surface area contributed by atoms with Crippen molar-refractivity contribution in [2.24, 2.45) is 5.41 Å². The fourth-order valence-corrected chi connectivity index (χ4v) is 3.89. The minimum absolute atomic E-state index is 0.0257. The Morgan fingerprint density at radius 1 is 1.36 bits per heavy atom. The maximum atomic E-state index is 13.0. The number of rotatable bonds is 3. The van der Waals surface area contributed by atoms with Crippen LogP contribution in [0.5, 0.6) is 0 Å². The number of ether oxygens (including phenoxy) is 1. The van der Waals surface area contributed by atoms with Gasteiger partial charge in [-0.3, -0.25) is 14.5 Å². The lowest BCUT2D eigenvalue weighted by molar-refractivity contribution is -0.165. The summed E-state index contributed by atoms with van der Waals surface area (Å²) in [4.78, 5) is 26.9. The second-order valence-electron chi connectivity index (χ2n) is 6.37.